The van der Waals surface area contributed by atoms with E-state index in [9.17, 15) is 40.5 Å². The number of aliphatic hydroxyl groups is 4. The predicted molar refractivity (Wildman–Crippen MR) is 104 cm³/mol. The number of rotatable bonds is 5. The van der Waals surface area contributed by atoms with Gasteiger partial charge in [-0.25, -0.2) is 0 Å². The molecule has 7 N–H and O–H groups in total. The molecule has 1 heterocycles. The van der Waals surface area contributed by atoms with Crippen LogP contribution >= 0.6 is 0 Å². The van der Waals surface area contributed by atoms with Gasteiger partial charge < -0.3 is 40.5 Å². The summed E-state index contributed by atoms with van der Waals surface area (Å²) in [6.45, 7) is -0.684. The minimum atomic E-state index is -1.74. The molecule has 0 saturated carbocycles. The van der Waals surface area contributed by atoms with Gasteiger partial charge in [0.05, 0.1) is 17.7 Å². The Bertz CT molecular complexity index is 936. The molecule has 0 amide bonds. The smallest absolute Gasteiger partial charge is 0.189 e. The maximum Gasteiger partial charge on any atom is 0.189 e. The second kappa shape index (κ2) is 8.82. The third-order valence-corrected chi connectivity index (χ3v) is 4.96. The number of phenolic OH excluding ortho intramolecular Hbond substituents is 3. The fourth-order valence-corrected chi connectivity index (χ4v) is 3.26. The van der Waals surface area contributed by atoms with Crippen molar-refractivity contribution < 1.29 is 45.3 Å². The van der Waals surface area contributed by atoms with E-state index < -0.39 is 54.4 Å². The van der Waals surface area contributed by atoms with E-state index in [1.807, 2.05) is 0 Å². The lowest BCUT2D eigenvalue weighted by molar-refractivity contribution is -0.232. The van der Waals surface area contributed by atoms with E-state index in [2.05, 4.69) is 0 Å². The Labute approximate surface area is 171 Å². The van der Waals surface area contributed by atoms with Gasteiger partial charge in [-0.3, -0.25) is 4.79 Å². The number of carbonyl (C=O) groups excluding carboxylic acids is 1. The van der Waals surface area contributed by atoms with Crippen molar-refractivity contribution in [3.8, 4) is 17.2 Å². The number of aliphatic hydroxyl groups excluding tert-OH is 4. The molecule has 0 aromatic heterocycles. The molecule has 0 aliphatic carbocycles. The number of benzene rings is 2. The number of phenols is 3. The van der Waals surface area contributed by atoms with E-state index in [0.29, 0.717) is 5.56 Å². The van der Waals surface area contributed by atoms with E-state index in [4.69, 9.17) is 4.74 Å². The van der Waals surface area contributed by atoms with Crippen molar-refractivity contribution in [1.29, 1.82) is 0 Å². The Morgan fingerprint density at radius 1 is 0.933 bits per heavy atom. The van der Waals surface area contributed by atoms with Crippen molar-refractivity contribution in [3.05, 3.63) is 59.2 Å². The van der Waals surface area contributed by atoms with Gasteiger partial charge in [0, 0.05) is 0 Å². The Balaban J connectivity index is 1.93. The van der Waals surface area contributed by atoms with Crippen LogP contribution in [-0.4, -0.2) is 72.6 Å². The predicted octanol–water partition coefficient (Wildman–Crippen LogP) is 0.214. The van der Waals surface area contributed by atoms with E-state index in [1.54, 1.807) is 12.1 Å². The second-order valence-corrected chi connectivity index (χ2v) is 6.93. The highest BCUT2D eigenvalue weighted by atomic mass is 16.5. The van der Waals surface area contributed by atoms with Gasteiger partial charge in [-0.2, -0.15) is 0 Å². The molecule has 5 atom stereocenters. The van der Waals surface area contributed by atoms with Crippen molar-refractivity contribution in [3.63, 3.8) is 0 Å². The van der Waals surface area contributed by atoms with Crippen LogP contribution in [0.3, 0.4) is 0 Å². The molecule has 0 unspecified atom stereocenters. The maximum atomic E-state index is 12.6. The average Bonchev–Trinajstić information content (AvgIpc) is 2.73. The summed E-state index contributed by atoms with van der Waals surface area (Å²) in [5, 5.41) is 69.6. The van der Waals surface area contributed by atoms with Crippen molar-refractivity contribution in [2.45, 2.75) is 30.5 Å². The summed E-state index contributed by atoms with van der Waals surface area (Å²) in [5.74, 6) is -1.72. The fraction of sp³-hybridized carbons (Fsp3) is 0.286. The molecule has 1 aliphatic heterocycles. The molecule has 1 aliphatic rings. The summed E-state index contributed by atoms with van der Waals surface area (Å²) >= 11 is 0. The van der Waals surface area contributed by atoms with E-state index in [1.165, 1.54) is 30.4 Å². The summed E-state index contributed by atoms with van der Waals surface area (Å²) in [4.78, 5) is 12.6. The number of hydrogen-bond acceptors (Lipinski definition) is 9. The molecule has 0 spiro atoms. The topological polar surface area (TPSA) is 168 Å². The van der Waals surface area contributed by atoms with E-state index >= 15 is 0 Å². The van der Waals surface area contributed by atoms with Crippen LogP contribution in [0.2, 0.25) is 0 Å². The molecule has 160 valence electrons. The summed E-state index contributed by atoms with van der Waals surface area (Å²) < 4.78 is 5.37. The zero-order chi connectivity index (χ0) is 22.0. The number of hydrogen-bond donors (Lipinski definition) is 7. The molecule has 1 fully saturated rings. The SMILES string of the molecule is O=C(C=Cc1ccc(O)cc1)c1ccc(O)c([C@@H]2O[C@H](CO)[C@@H](O)[C@H](O)[C@H]2O)c1O. The fourth-order valence-electron chi connectivity index (χ4n) is 3.26. The zero-order valence-corrected chi connectivity index (χ0v) is 15.7. The molecule has 30 heavy (non-hydrogen) atoms. The number of carbonyl (C=O) groups is 1. The molecular weight excluding hydrogens is 396 g/mol. The van der Waals surface area contributed by atoms with Gasteiger partial charge in [-0.1, -0.05) is 18.2 Å². The van der Waals surface area contributed by atoms with E-state index in [-0.39, 0.29) is 16.9 Å². The molecule has 2 aromatic rings. The third kappa shape index (κ3) is 4.16. The van der Waals surface area contributed by atoms with Crippen molar-refractivity contribution in [2.24, 2.45) is 0 Å². The molecule has 0 radical (unpaired) electrons. The van der Waals surface area contributed by atoms with Gasteiger partial charge in [0.1, 0.15) is 47.8 Å². The van der Waals surface area contributed by atoms with Crippen molar-refractivity contribution >= 4 is 11.9 Å². The first kappa shape index (κ1) is 21.8. The first-order chi connectivity index (χ1) is 14.2. The summed E-state index contributed by atoms with van der Waals surface area (Å²) in [6, 6.07) is 8.35. The lowest BCUT2D eigenvalue weighted by Crippen LogP contribution is -2.55. The van der Waals surface area contributed by atoms with Crippen molar-refractivity contribution in [1.82, 2.24) is 0 Å². The Morgan fingerprint density at radius 2 is 1.60 bits per heavy atom. The van der Waals surface area contributed by atoms with Crippen molar-refractivity contribution in [2.75, 3.05) is 6.61 Å². The van der Waals surface area contributed by atoms with Gasteiger partial charge in [-0.05, 0) is 35.9 Å². The van der Waals surface area contributed by atoms with Crippen LogP contribution in [0.15, 0.2) is 42.5 Å². The largest absolute Gasteiger partial charge is 0.508 e. The first-order valence-corrected chi connectivity index (χ1v) is 9.11. The van der Waals surface area contributed by atoms with Crippen LogP contribution in [0, 0.1) is 0 Å². The van der Waals surface area contributed by atoms with Gasteiger partial charge in [0.15, 0.2) is 5.78 Å². The summed E-state index contributed by atoms with van der Waals surface area (Å²) in [6.07, 6.45) is -5.18. The Kier molecular flexibility index (Phi) is 6.40. The number of allylic oxidation sites excluding steroid dienone is 1. The van der Waals surface area contributed by atoms with Crippen LogP contribution < -0.4 is 0 Å². The van der Waals surface area contributed by atoms with Crippen LogP contribution in [0.25, 0.3) is 6.08 Å². The molecule has 1 saturated heterocycles. The van der Waals surface area contributed by atoms with Crippen LogP contribution in [0.5, 0.6) is 17.2 Å². The molecule has 9 heteroatoms. The normalized spacial score (nSPS) is 26.7. The highest BCUT2D eigenvalue weighted by Crippen LogP contribution is 2.42. The standard InChI is InChI=1S/C21H22O9/c22-9-15-18(27)19(28)20(29)21(30-15)16-14(25)8-6-12(17(16)26)13(24)7-3-10-1-4-11(23)5-2-10/h1-8,15,18-23,25-29H,9H2/t15-,18-,19+,20-,21+/m1/s1. The molecule has 3 rings (SSSR count). The average molecular weight is 418 g/mol. The third-order valence-electron chi connectivity index (χ3n) is 4.96. The minimum absolute atomic E-state index is 0.0684. The van der Waals surface area contributed by atoms with E-state index in [0.717, 1.165) is 6.07 Å². The number of ketones is 1. The van der Waals surface area contributed by atoms with Gasteiger partial charge >= 0.3 is 0 Å². The number of ether oxygens (including phenoxy) is 1. The summed E-state index contributed by atoms with van der Waals surface area (Å²) in [5.41, 5.74) is 0.0687. The van der Waals surface area contributed by atoms with Crippen LogP contribution in [0.4, 0.5) is 0 Å². The second-order valence-electron chi connectivity index (χ2n) is 6.93. The maximum absolute atomic E-state index is 12.6. The molecule has 9 nitrogen and oxygen atoms in total. The minimum Gasteiger partial charge on any atom is -0.508 e. The van der Waals surface area contributed by atoms with Gasteiger partial charge in [0.25, 0.3) is 0 Å². The highest BCUT2D eigenvalue weighted by molar-refractivity contribution is 6.09. The summed E-state index contributed by atoms with van der Waals surface area (Å²) in [7, 11) is 0. The zero-order valence-electron chi connectivity index (χ0n) is 15.7. The molecule has 0 bridgehead atoms. The van der Waals surface area contributed by atoms with Crippen LogP contribution in [-0.2, 0) is 4.74 Å². The lowest BCUT2D eigenvalue weighted by atomic mass is 9.89. The first-order valence-electron chi connectivity index (χ1n) is 9.11. The van der Waals surface area contributed by atoms with Crippen LogP contribution in [0.1, 0.15) is 27.6 Å². The quantitative estimate of drug-likeness (QED) is 0.265. The van der Waals surface area contributed by atoms with Gasteiger partial charge in [0.2, 0.25) is 0 Å². The Morgan fingerprint density at radius 3 is 2.23 bits per heavy atom. The monoisotopic (exact) mass is 418 g/mol. The Hall–Kier alpha value is -2.95. The molecule has 2 aromatic carbocycles. The van der Waals surface area contributed by atoms with Gasteiger partial charge in [-0.15, -0.1) is 0 Å². The lowest BCUT2D eigenvalue weighted by Gasteiger charge is -2.40. The molecular formula is C21H22O9. The number of aromatic hydroxyl groups is 3. The highest BCUT2D eigenvalue weighted by Gasteiger charge is 2.46.